The van der Waals surface area contributed by atoms with E-state index in [4.69, 9.17) is 0 Å². The Morgan fingerprint density at radius 1 is 1.23 bits per heavy atom. The highest BCUT2D eigenvalue weighted by Gasteiger charge is 2.22. The van der Waals surface area contributed by atoms with Crippen molar-refractivity contribution in [3.05, 3.63) is 35.0 Å². The average Bonchev–Trinajstić information content (AvgIpc) is 3.17. The van der Waals surface area contributed by atoms with Crippen molar-refractivity contribution in [1.82, 2.24) is 24.8 Å². The monoisotopic (exact) mass is 296 g/mol. The predicted molar refractivity (Wildman–Crippen MR) is 81.7 cm³/mol. The van der Waals surface area contributed by atoms with Crippen molar-refractivity contribution in [2.75, 3.05) is 5.32 Å². The molecule has 2 aromatic heterocycles. The van der Waals surface area contributed by atoms with Crippen molar-refractivity contribution in [2.24, 2.45) is 14.1 Å². The number of aromatic nitrogens is 5. The zero-order valence-electron chi connectivity index (χ0n) is 12.5. The number of benzene rings is 1. The van der Waals surface area contributed by atoms with Crippen LogP contribution < -0.4 is 5.32 Å². The molecule has 7 heteroatoms. The molecule has 1 aromatic carbocycles. The van der Waals surface area contributed by atoms with Gasteiger partial charge in [-0.1, -0.05) is 5.21 Å². The molecular formula is C15H16N6O. The van der Waals surface area contributed by atoms with E-state index in [1.807, 2.05) is 20.2 Å². The second kappa shape index (κ2) is 4.66. The SMILES string of the molecule is Cn1nc2c(c1NC(=O)c1ccc3c(c1)nnn3C)CCC2. The van der Waals surface area contributed by atoms with E-state index in [0.717, 1.165) is 41.9 Å². The van der Waals surface area contributed by atoms with Crippen molar-refractivity contribution in [1.29, 1.82) is 0 Å². The van der Waals surface area contributed by atoms with Crippen molar-refractivity contribution in [3.8, 4) is 0 Å². The Morgan fingerprint density at radius 3 is 2.95 bits per heavy atom. The van der Waals surface area contributed by atoms with E-state index in [2.05, 4.69) is 20.7 Å². The summed E-state index contributed by atoms with van der Waals surface area (Å²) in [7, 11) is 3.69. The van der Waals surface area contributed by atoms with Crippen LogP contribution in [0.5, 0.6) is 0 Å². The van der Waals surface area contributed by atoms with Crippen molar-refractivity contribution in [2.45, 2.75) is 19.3 Å². The van der Waals surface area contributed by atoms with Gasteiger partial charge in [0.1, 0.15) is 11.3 Å². The molecule has 2 heterocycles. The maximum Gasteiger partial charge on any atom is 0.256 e. The summed E-state index contributed by atoms with van der Waals surface area (Å²) in [4.78, 5) is 12.5. The zero-order valence-corrected chi connectivity index (χ0v) is 12.5. The van der Waals surface area contributed by atoms with Crippen LogP contribution in [0.15, 0.2) is 18.2 Å². The topological polar surface area (TPSA) is 77.6 Å². The molecule has 1 aliphatic rings. The third-order valence-corrected chi connectivity index (χ3v) is 4.17. The number of nitrogens with zero attached hydrogens (tertiary/aromatic N) is 5. The van der Waals surface area contributed by atoms with Crippen LogP contribution in [0.2, 0.25) is 0 Å². The maximum atomic E-state index is 12.5. The van der Waals surface area contributed by atoms with Crippen LogP contribution in [-0.4, -0.2) is 30.7 Å². The lowest BCUT2D eigenvalue weighted by Gasteiger charge is -2.07. The average molecular weight is 296 g/mol. The van der Waals surface area contributed by atoms with Gasteiger partial charge in [-0.15, -0.1) is 5.10 Å². The van der Waals surface area contributed by atoms with Gasteiger partial charge >= 0.3 is 0 Å². The third kappa shape index (κ3) is 1.89. The molecule has 0 bridgehead atoms. The molecule has 0 saturated carbocycles. The summed E-state index contributed by atoms with van der Waals surface area (Å²) in [6.07, 6.45) is 3.07. The summed E-state index contributed by atoms with van der Waals surface area (Å²) in [5.41, 5.74) is 4.45. The molecule has 7 nitrogen and oxygen atoms in total. The van der Waals surface area contributed by atoms with Gasteiger partial charge in [-0.2, -0.15) is 5.10 Å². The molecule has 3 aromatic rings. The standard InChI is InChI=1S/C15H16N6O/c1-20-13-7-6-9(8-12(13)17-19-20)15(22)16-14-10-4-3-5-11(10)18-21(14)2/h6-8H,3-5H2,1-2H3,(H,16,22). The Labute approximate surface area is 126 Å². The summed E-state index contributed by atoms with van der Waals surface area (Å²) in [6, 6.07) is 5.41. The minimum atomic E-state index is -0.148. The minimum absolute atomic E-state index is 0.148. The molecule has 0 spiro atoms. The van der Waals surface area contributed by atoms with E-state index in [-0.39, 0.29) is 5.91 Å². The number of carbonyl (C=O) groups is 1. The fourth-order valence-corrected chi connectivity index (χ4v) is 3.04. The summed E-state index contributed by atoms with van der Waals surface area (Å²) in [6.45, 7) is 0. The first-order valence-corrected chi connectivity index (χ1v) is 7.29. The number of aryl methyl sites for hydroxylation is 3. The highest BCUT2D eigenvalue weighted by molar-refractivity contribution is 6.05. The number of rotatable bonds is 2. The van der Waals surface area contributed by atoms with Gasteiger partial charge < -0.3 is 5.32 Å². The summed E-state index contributed by atoms with van der Waals surface area (Å²) in [5.74, 6) is 0.655. The van der Waals surface area contributed by atoms with Crippen LogP contribution in [0.25, 0.3) is 11.0 Å². The Kier molecular flexibility index (Phi) is 2.75. The van der Waals surface area contributed by atoms with E-state index in [1.165, 1.54) is 0 Å². The van der Waals surface area contributed by atoms with Gasteiger partial charge in [-0.25, -0.2) is 4.68 Å². The fourth-order valence-electron chi connectivity index (χ4n) is 3.04. The number of nitrogens with one attached hydrogen (secondary N) is 1. The minimum Gasteiger partial charge on any atom is -0.307 e. The molecule has 0 aliphatic heterocycles. The predicted octanol–water partition coefficient (Wildman–Crippen LogP) is 1.44. The molecular weight excluding hydrogens is 280 g/mol. The van der Waals surface area contributed by atoms with Gasteiger partial charge in [0.05, 0.1) is 11.2 Å². The van der Waals surface area contributed by atoms with Crippen LogP contribution in [-0.2, 0) is 26.9 Å². The Balaban J connectivity index is 1.66. The zero-order chi connectivity index (χ0) is 15.3. The number of fused-ring (bicyclic) bond motifs is 2. The van der Waals surface area contributed by atoms with E-state index >= 15 is 0 Å². The molecule has 1 aliphatic carbocycles. The highest BCUT2D eigenvalue weighted by atomic mass is 16.1. The van der Waals surface area contributed by atoms with E-state index < -0.39 is 0 Å². The molecule has 1 N–H and O–H groups in total. The lowest BCUT2D eigenvalue weighted by Crippen LogP contribution is -2.15. The maximum absolute atomic E-state index is 12.5. The first-order chi connectivity index (χ1) is 10.6. The molecule has 0 unspecified atom stereocenters. The summed E-state index contributed by atoms with van der Waals surface area (Å²) < 4.78 is 3.44. The van der Waals surface area contributed by atoms with Crippen LogP contribution in [0, 0.1) is 0 Å². The molecule has 4 rings (SSSR count). The van der Waals surface area contributed by atoms with Crippen molar-refractivity contribution >= 4 is 22.8 Å². The molecule has 22 heavy (non-hydrogen) atoms. The van der Waals surface area contributed by atoms with E-state index in [0.29, 0.717) is 11.1 Å². The lowest BCUT2D eigenvalue weighted by molar-refractivity contribution is 0.102. The lowest BCUT2D eigenvalue weighted by atomic mass is 10.2. The molecule has 112 valence electrons. The summed E-state index contributed by atoms with van der Waals surface area (Å²) >= 11 is 0. The fraction of sp³-hybridized carbons (Fsp3) is 0.333. The number of amides is 1. The van der Waals surface area contributed by atoms with Gasteiger partial charge in [0.2, 0.25) is 0 Å². The van der Waals surface area contributed by atoms with Gasteiger partial charge in [-0.05, 0) is 37.5 Å². The quantitative estimate of drug-likeness (QED) is 0.776. The normalized spacial score (nSPS) is 13.5. The first kappa shape index (κ1) is 13.0. The highest BCUT2D eigenvalue weighted by Crippen LogP contribution is 2.28. The van der Waals surface area contributed by atoms with Crippen molar-refractivity contribution < 1.29 is 4.79 Å². The van der Waals surface area contributed by atoms with Gasteiger partial charge in [0.25, 0.3) is 5.91 Å². The largest absolute Gasteiger partial charge is 0.307 e. The third-order valence-electron chi connectivity index (χ3n) is 4.17. The number of hydrogen-bond donors (Lipinski definition) is 1. The van der Waals surface area contributed by atoms with E-state index in [1.54, 1.807) is 21.5 Å². The molecule has 0 saturated heterocycles. The van der Waals surface area contributed by atoms with Crippen LogP contribution in [0.3, 0.4) is 0 Å². The second-order valence-electron chi connectivity index (χ2n) is 5.62. The summed E-state index contributed by atoms with van der Waals surface area (Å²) in [5, 5.41) is 15.5. The van der Waals surface area contributed by atoms with Crippen LogP contribution >= 0.6 is 0 Å². The Hall–Kier alpha value is -2.70. The molecule has 0 fully saturated rings. The molecule has 0 radical (unpaired) electrons. The van der Waals surface area contributed by atoms with Crippen LogP contribution in [0.1, 0.15) is 28.0 Å². The van der Waals surface area contributed by atoms with Crippen molar-refractivity contribution in [3.63, 3.8) is 0 Å². The smallest absolute Gasteiger partial charge is 0.256 e. The Morgan fingerprint density at radius 2 is 2.09 bits per heavy atom. The number of anilines is 1. The van der Waals surface area contributed by atoms with E-state index in [9.17, 15) is 4.79 Å². The number of hydrogen-bond acceptors (Lipinski definition) is 4. The number of carbonyl (C=O) groups excluding carboxylic acids is 1. The van der Waals surface area contributed by atoms with Gasteiger partial charge in [0, 0.05) is 25.2 Å². The van der Waals surface area contributed by atoms with Gasteiger partial charge in [-0.3, -0.25) is 9.48 Å². The molecule has 0 atom stereocenters. The van der Waals surface area contributed by atoms with Gasteiger partial charge in [0.15, 0.2) is 0 Å². The van der Waals surface area contributed by atoms with Crippen LogP contribution in [0.4, 0.5) is 5.82 Å². The molecule has 1 amide bonds. The first-order valence-electron chi connectivity index (χ1n) is 7.29. The second-order valence-corrected chi connectivity index (χ2v) is 5.62. The Bertz CT molecular complexity index is 891.